The van der Waals surface area contributed by atoms with Crippen LogP contribution >= 0.6 is 22.6 Å². The van der Waals surface area contributed by atoms with Gasteiger partial charge in [-0.05, 0) is 61.8 Å². The second-order valence-electron chi connectivity index (χ2n) is 6.56. The molecule has 0 saturated heterocycles. The van der Waals surface area contributed by atoms with Crippen LogP contribution in [0.25, 0.3) is 21.5 Å². The fourth-order valence-electron chi connectivity index (χ4n) is 3.61. The molecule has 0 bridgehead atoms. The van der Waals surface area contributed by atoms with Gasteiger partial charge in [-0.1, -0.05) is 48.5 Å². The van der Waals surface area contributed by atoms with Crippen molar-refractivity contribution in [3.63, 3.8) is 0 Å². The molecule has 0 amide bonds. The zero-order chi connectivity index (χ0) is 20.5. The Bertz CT molecular complexity index is 1280. The normalized spacial score (nSPS) is 10.9. The van der Waals surface area contributed by atoms with E-state index in [0.717, 1.165) is 27.1 Å². The molecule has 4 aromatic rings. The summed E-state index contributed by atoms with van der Waals surface area (Å²) in [4.78, 5) is 22.7. The third-order valence-electron chi connectivity index (χ3n) is 4.94. The maximum atomic E-state index is 11.8. The van der Waals surface area contributed by atoms with Gasteiger partial charge in [0.15, 0.2) is 11.5 Å². The van der Waals surface area contributed by atoms with Gasteiger partial charge < -0.3 is 14.9 Å². The highest BCUT2D eigenvalue weighted by atomic mass is 125. The molecule has 4 rings (SSSR count). The predicted octanol–water partition coefficient (Wildman–Crippen LogP) is 5.13. The molecule has 5 nitrogen and oxygen atoms in total. The number of carbonyl (C=O) groups is 2. The first-order valence-corrected chi connectivity index (χ1v) is 9.86. The lowest BCUT2D eigenvalue weighted by Gasteiger charge is -2.16. The van der Waals surface area contributed by atoms with E-state index in [0.29, 0.717) is 9.13 Å². The number of phenolic OH excluding ortho intramolecular Hbond substituents is 1. The van der Waals surface area contributed by atoms with Crippen molar-refractivity contribution in [1.29, 1.82) is 0 Å². The van der Waals surface area contributed by atoms with Crippen LogP contribution in [0.1, 0.15) is 21.5 Å². The number of benzene rings is 4. The van der Waals surface area contributed by atoms with Crippen LogP contribution in [0.15, 0.2) is 60.7 Å². The number of fused-ring (bicyclic) bond motifs is 2. The van der Waals surface area contributed by atoms with Crippen molar-refractivity contribution >= 4 is 56.6 Å². The second-order valence-corrected chi connectivity index (χ2v) is 7.64. The van der Waals surface area contributed by atoms with Gasteiger partial charge in [-0.2, -0.15) is 0 Å². The Kier molecular flexibility index (Phi) is 5.10. The number of hydrogen-bond acceptors (Lipinski definition) is 4. The number of carboxylic acid groups (broad SMARTS) is 1. The monoisotopic (exact) mass is 496 g/mol. The third kappa shape index (κ3) is 3.40. The van der Waals surface area contributed by atoms with E-state index in [-0.39, 0.29) is 30.0 Å². The van der Waals surface area contributed by atoms with Crippen LogP contribution in [0.5, 0.6) is 11.5 Å². The highest BCUT2D eigenvalue weighted by Crippen LogP contribution is 2.40. The van der Waals surface area contributed by atoms with Crippen LogP contribution < -0.4 is 4.74 Å². The van der Waals surface area contributed by atoms with Gasteiger partial charge in [0.05, 0.1) is 5.56 Å². The Labute approximate surface area is 179 Å². The molecule has 0 radical (unpaired) electrons. The number of ether oxygens (including phenoxy) is 1. The summed E-state index contributed by atoms with van der Waals surface area (Å²) in [7, 11) is 0. The van der Waals surface area contributed by atoms with Crippen LogP contribution in [0.3, 0.4) is 0 Å². The lowest BCUT2D eigenvalue weighted by Crippen LogP contribution is -2.05. The average Bonchev–Trinajstić information content (AvgIpc) is 2.72. The van der Waals surface area contributed by atoms with Gasteiger partial charge in [-0.3, -0.25) is 4.79 Å². The van der Waals surface area contributed by atoms with E-state index in [9.17, 15) is 19.8 Å². The first-order valence-electron chi connectivity index (χ1n) is 8.78. The number of rotatable bonds is 5. The third-order valence-corrected chi connectivity index (χ3v) is 6.17. The zero-order valence-electron chi connectivity index (χ0n) is 15.1. The molecule has 0 unspecified atom stereocenters. The smallest absolute Gasteiger partial charge is 0.336 e. The van der Waals surface area contributed by atoms with E-state index >= 15 is 0 Å². The lowest BCUT2D eigenvalue weighted by molar-refractivity contribution is -0.120. The Morgan fingerprint density at radius 2 is 1.55 bits per heavy atom. The van der Waals surface area contributed by atoms with E-state index in [2.05, 4.69) is 0 Å². The summed E-state index contributed by atoms with van der Waals surface area (Å²) in [5, 5.41) is 23.8. The molecule has 0 fully saturated rings. The molecule has 0 atom stereocenters. The van der Waals surface area contributed by atoms with E-state index in [4.69, 9.17) is 4.74 Å². The molecule has 0 aliphatic rings. The second kappa shape index (κ2) is 7.71. The Hall–Kier alpha value is -3.13. The molecular formula is C23H15IO5. The number of carbonyl (C=O) groups excluding carboxylic acids is 1. The Morgan fingerprint density at radius 1 is 0.966 bits per heavy atom. The summed E-state index contributed by atoms with van der Waals surface area (Å²) in [6.07, 6.45) is 0.280. The highest BCUT2D eigenvalue weighted by Gasteiger charge is 2.20. The van der Waals surface area contributed by atoms with Gasteiger partial charge in [0, 0.05) is 15.6 Å². The SMILES string of the molecule is O=COc1cc2ccccc2c(Cc2c([125I])c(C(=O)O)cc3ccccc23)c1O. The Balaban J connectivity index is 2.02. The number of halogens is 1. The van der Waals surface area contributed by atoms with E-state index in [1.54, 1.807) is 12.1 Å². The summed E-state index contributed by atoms with van der Waals surface area (Å²) in [6, 6.07) is 18.3. The van der Waals surface area contributed by atoms with Gasteiger partial charge in [0.1, 0.15) is 0 Å². The van der Waals surface area contributed by atoms with Gasteiger partial charge in [-0.25, -0.2) is 4.79 Å². The summed E-state index contributed by atoms with van der Waals surface area (Å²) in [6.45, 7) is 0.276. The average molecular weight is 496 g/mol. The van der Waals surface area contributed by atoms with Crippen molar-refractivity contribution in [1.82, 2.24) is 0 Å². The molecule has 0 aliphatic carbocycles. The molecule has 0 aromatic heterocycles. The van der Waals surface area contributed by atoms with Crippen molar-refractivity contribution in [2.24, 2.45) is 0 Å². The molecule has 4 aromatic carbocycles. The van der Waals surface area contributed by atoms with Crippen LogP contribution in [-0.4, -0.2) is 22.7 Å². The van der Waals surface area contributed by atoms with Gasteiger partial charge in [0.25, 0.3) is 6.47 Å². The minimum atomic E-state index is -1.01. The lowest BCUT2D eigenvalue weighted by atomic mass is 9.92. The zero-order valence-corrected chi connectivity index (χ0v) is 17.2. The maximum absolute atomic E-state index is 11.8. The van der Waals surface area contributed by atoms with Crippen LogP contribution in [0, 0.1) is 3.57 Å². The number of aromatic carboxylic acids is 1. The standard InChI is InChI=1S/C23H15IO5/c24-21-17(15-7-3-1-5-13(15)9-19(21)23(27)28)11-18-16-8-4-2-6-14(16)10-20(22(18)26)29-12-25/h1-10,12,26H,11H2,(H,27,28)/i24-2. The summed E-state index contributed by atoms with van der Waals surface area (Å²) >= 11 is 2.04. The topological polar surface area (TPSA) is 83.8 Å². The number of carboxylic acids is 1. The first kappa shape index (κ1) is 19.2. The Morgan fingerprint density at radius 3 is 2.17 bits per heavy atom. The van der Waals surface area contributed by atoms with Crippen molar-refractivity contribution in [3.8, 4) is 11.5 Å². The molecule has 0 aliphatic heterocycles. The molecule has 2 N–H and O–H groups in total. The molecule has 0 spiro atoms. The number of phenols is 1. The minimum Gasteiger partial charge on any atom is -0.504 e. The molecular weight excluding hydrogens is 481 g/mol. The summed E-state index contributed by atoms with van der Waals surface area (Å²) in [5.41, 5.74) is 1.58. The highest BCUT2D eigenvalue weighted by molar-refractivity contribution is 14.1. The molecule has 144 valence electrons. The van der Waals surface area contributed by atoms with Crippen molar-refractivity contribution in [2.75, 3.05) is 0 Å². The van der Waals surface area contributed by atoms with Crippen LogP contribution in [-0.2, 0) is 11.2 Å². The summed E-state index contributed by atoms with van der Waals surface area (Å²) < 4.78 is 5.59. The largest absolute Gasteiger partial charge is 0.504 e. The van der Waals surface area contributed by atoms with E-state index in [1.165, 1.54) is 0 Å². The van der Waals surface area contributed by atoms with Gasteiger partial charge in [0.2, 0.25) is 0 Å². The molecule has 29 heavy (non-hydrogen) atoms. The van der Waals surface area contributed by atoms with Crippen molar-refractivity contribution < 1.29 is 24.5 Å². The van der Waals surface area contributed by atoms with Crippen LogP contribution in [0.4, 0.5) is 0 Å². The van der Waals surface area contributed by atoms with Crippen molar-refractivity contribution in [3.05, 3.63) is 80.9 Å². The fourth-order valence-corrected chi connectivity index (χ4v) is 4.47. The molecule has 0 saturated carbocycles. The minimum absolute atomic E-state index is 0.0717. The fraction of sp³-hybridized carbons (Fsp3) is 0.0435. The number of hydrogen-bond donors (Lipinski definition) is 2. The van der Waals surface area contributed by atoms with Crippen LogP contribution in [0.2, 0.25) is 0 Å². The quantitative estimate of drug-likeness (QED) is 0.296. The number of aromatic hydroxyl groups is 1. The maximum Gasteiger partial charge on any atom is 0.336 e. The van der Waals surface area contributed by atoms with E-state index in [1.807, 2.05) is 71.1 Å². The predicted molar refractivity (Wildman–Crippen MR) is 119 cm³/mol. The van der Waals surface area contributed by atoms with Gasteiger partial charge in [-0.15, -0.1) is 0 Å². The summed E-state index contributed by atoms with van der Waals surface area (Å²) in [5.74, 6) is -1.06. The first-order chi connectivity index (χ1) is 14.0. The molecule has 0 heterocycles. The van der Waals surface area contributed by atoms with Gasteiger partial charge >= 0.3 is 5.97 Å². The van der Waals surface area contributed by atoms with Crippen molar-refractivity contribution in [2.45, 2.75) is 6.42 Å². The molecule has 6 heteroatoms. The van der Waals surface area contributed by atoms with E-state index < -0.39 is 5.97 Å².